The topological polar surface area (TPSA) is 80.3 Å². The number of hydrogen-bond donors (Lipinski definition) is 2. The smallest absolute Gasteiger partial charge is 0.244 e. The van der Waals surface area contributed by atoms with Crippen LogP contribution in [0.2, 0.25) is 0 Å². The van der Waals surface area contributed by atoms with Crippen LogP contribution in [0.5, 0.6) is 5.88 Å². The molecule has 6 nitrogen and oxygen atoms in total. The summed E-state index contributed by atoms with van der Waals surface area (Å²) in [5.74, 6) is 0.187. The molecule has 1 aromatic heterocycles. The number of hydrogen-bond acceptors (Lipinski definition) is 4. The summed E-state index contributed by atoms with van der Waals surface area (Å²) in [6.07, 6.45) is 4.85. The number of amides is 2. The van der Waals surface area contributed by atoms with E-state index in [0.29, 0.717) is 24.7 Å². The minimum Gasteiger partial charge on any atom is -0.473 e. The van der Waals surface area contributed by atoms with Gasteiger partial charge in [-0.2, -0.15) is 0 Å². The molecule has 0 radical (unpaired) electrons. The first-order valence-electron chi connectivity index (χ1n) is 9.54. The van der Waals surface area contributed by atoms with Gasteiger partial charge in [0.2, 0.25) is 17.7 Å². The molecular formula is C24H23N3O3. The molecule has 0 aliphatic rings. The van der Waals surface area contributed by atoms with E-state index < -0.39 is 0 Å². The van der Waals surface area contributed by atoms with E-state index in [0.717, 1.165) is 16.7 Å². The molecule has 3 aromatic rings. The number of benzene rings is 2. The van der Waals surface area contributed by atoms with Gasteiger partial charge in [0.25, 0.3) is 0 Å². The molecule has 30 heavy (non-hydrogen) atoms. The number of aromatic nitrogens is 1. The van der Waals surface area contributed by atoms with Crippen molar-refractivity contribution in [2.24, 2.45) is 0 Å². The molecule has 0 aliphatic heterocycles. The van der Waals surface area contributed by atoms with Crippen LogP contribution in [-0.2, 0) is 22.7 Å². The third-order valence-corrected chi connectivity index (χ3v) is 4.15. The van der Waals surface area contributed by atoms with Gasteiger partial charge in [-0.1, -0.05) is 42.5 Å². The highest BCUT2D eigenvalue weighted by molar-refractivity contribution is 5.92. The molecule has 0 bridgehead atoms. The fourth-order valence-corrected chi connectivity index (χ4v) is 2.67. The number of anilines is 1. The second-order valence-electron chi connectivity index (χ2n) is 6.63. The lowest BCUT2D eigenvalue weighted by Gasteiger charge is -2.07. The number of carbonyl (C=O) groups is 2. The van der Waals surface area contributed by atoms with Crippen LogP contribution < -0.4 is 15.4 Å². The summed E-state index contributed by atoms with van der Waals surface area (Å²) in [6.45, 7) is 2.27. The molecule has 6 heteroatoms. The highest BCUT2D eigenvalue weighted by Gasteiger charge is 2.02. The summed E-state index contributed by atoms with van der Waals surface area (Å²) in [5, 5.41) is 5.54. The van der Waals surface area contributed by atoms with Gasteiger partial charge in [0.15, 0.2) is 0 Å². The first kappa shape index (κ1) is 20.8. The number of rotatable bonds is 8. The Morgan fingerprint density at radius 2 is 1.77 bits per heavy atom. The van der Waals surface area contributed by atoms with Crippen LogP contribution in [0.15, 0.2) is 79.0 Å². The standard InChI is InChI=1S/C24H23N3O3/c1-18(28)27-22-10-7-19(8-11-22)9-12-23(29)26-16-21-13-14-25-24(15-21)30-17-20-5-3-2-4-6-20/h2-15H,16-17H2,1H3,(H,26,29)(H,27,28)/b12-9+. The van der Waals surface area contributed by atoms with Crippen LogP contribution in [-0.4, -0.2) is 16.8 Å². The molecule has 2 amide bonds. The monoisotopic (exact) mass is 401 g/mol. The molecule has 0 unspecified atom stereocenters. The lowest BCUT2D eigenvalue weighted by molar-refractivity contribution is -0.116. The molecule has 152 valence electrons. The van der Waals surface area contributed by atoms with Crippen molar-refractivity contribution >= 4 is 23.6 Å². The summed E-state index contributed by atoms with van der Waals surface area (Å²) in [4.78, 5) is 27.3. The normalized spacial score (nSPS) is 10.6. The van der Waals surface area contributed by atoms with Crippen molar-refractivity contribution in [2.45, 2.75) is 20.1 Å². The predicted molar refractivity (Wildman–Crippen MR) is 117 cm³/mol. The number of nitrogens with zero attached hydrogens (tertiary/aromatic N) is 1. The minimum atomic E-state index is -0.204. The molecule has 0 atom stereocenters. The molecule has 0 saturated heterocycles. The maximum Gasteiger partial charge on any atom is 0.244 e. The molecule has 0 spiro atoms. The van der Waals surface area contributed by atoms with Crippen LogP contribution in [0.1, 0.15) is 23.6 Å². The zero-order valence-corrected chi connectivity index (χ0v) is 16.7. The number of nitrogens with one attached hydrogen (secondary N) is 2. The molecular weight excluding hydrogens is 378 g/mol. The quantitative estimate of drug-likeness (QED) is 0.560. The van der Waals surface area contributed by atoms with E-state index in [1.165, 1.54) is 13.0 Å². The lowest BCUT2D eigenvalue weighted by atomic mass is 10.2. The Bertz CT molecular complexity index is 1020. The minimum absolute atomic E-state index is 0.123. The highest BCUT2D eigenvalue weighted by Crippen LogP contribution is 2.12. The summed E-state index contributed by atoms with van der Waals surface area (Å²) in [6, 6.07) is 20.7. The summed E-state index contributed by atoms with van der Waals surface area (Å²) >= 11 is 0. The van der Waals surface area contributed by atoms with E-state index in [1.807, 2.05) is 54.6 Å². The Morgan fingerprint density at radius 3 is 2.50 bits per heavy atom. The zero-order valence-electron chi connectivity index (χ0n) is 16.7. The van der Waals surface area contributed by atoms with Crippen LogP contribution in [0.25, 0.3) is 6.08 Å². The van der Waals surface area contributed by atoms with E-state index in [4.69, 9.17) is 4.74 Å². The number of carbonyl (C=O) groups excluding carboxylic acids is 2. The van der Waals surface area contributed by atoms with Crippen molar-refractivity contribution in [1.82, 2.24) is 10.3 Å². The van der Waals surface area contributed by atoms with Gasteiger partial charge in [-0.3, -0.25) is 9.59 Å². The Labute approximate surface area is 175 Å². The Hall–Kier alpha value is -3.93. The van der Waals surface area contributed by atoms with Crippen LogP contribution in [0.3, 0.4) is 0 Å². The Balaban J connectivity index is 1.48. The van der Waals surface area contributed by atoms with E-state index in [1.54, 1.807) is 24.4 Å². The Morgan fingerprint density at radius 1 is 1.00 bits per heavy atom. The van der Waals surface area contributed by atoms with Gasteiger partial charge in [-0.15, -0.1) is 0 Å². The second-order valence-corrected chi connectivity index (χ2v) is 6.63. The fourth-order valence-electron chi connectivity index (χ4n) is 2.67. The van der Waals surface area contributed by atoms with Crippen LogP contribution >= 0.6 is 0 Å². The van der Waals surface area contributed by atoms with Crippen molar-refractivity contribution < 1.29 is 14.3 Å². The largest absolute Gasteiger partial charge is 0.473 e. The fraction of sp³-hybridized carbons (Fsp3) is 0.125. The molecule has 0 aliphatic carbocycles. The van der Waals surface area contributed by atoms with Gasteiger partial charge in [0.05, 0.1) is 0 Å². The lowest BCUT2D eigenvalue weighted by Crippen LogP contribution is -2.20. The zero-order chi connectivity index (χ0) is 21.2. The van der Waals surface area contributed by atoms with Crippen LogP contribution in [0.4, 0.5) is 5.69 Å². The van der Waals surface area contributed by atoms with Gasteiger partial charge < -0.3 is 15.4 Å². The first-order valence-corrected chi connectivity index (χ1v) is 9.54. The van der Waals surface area contributed by atoms with Gasteiger partial charge in [-0.25, -0.2) is 4.98 Å². The predicted octanol–water partition coefficient (Wildman–Crippen LogP) is 3.95. The van der Waals surface area contributed by atoms with Crippen molar-refractivity contribution in [3.8, 4) is 5.88 Å². The van der Waals surface area contributed by atoms with Gasteiger partial charge in [0, 0.05) is 37.5 Å². The maximum absolute atomic E-state index is 12.1. The molecule has 2 aromatic carbocycles. The van der Waals surface area contributed by atoms with Crippen molar-refractivity contribution in [3.63, 3.8) is 0 Å². The summed E-state index contributed by atoms with van der Waals surface area (Å²) < 4.78 is 5.71. The van der Waals surface area contributed by atoms with Gasteiger partial charge in [0.1, 0.15) is 6.61 Å². The number of ether oxygens (including phenoxy) is 1. The van der Waals surface area contributed by atoms with E-state index in [2.05, 4.69) is 15.6 Å². The van der Waals surface area contributed by atoms with E-state index in [9.17, 15) is 9.59 Å². The molecule has 3 rings (SSSR count). The van der Waals surface area contributed by atoms with E-state index >= 15 is 0 Å². The second kappa shape index (κ2) is 10.6. The summed E-state index contributed by atoms with van der Waals surface area (Å²) in [5.41, 5.74) is 3.54. The molecule has 0 saturated carbocycles. The van der Waals surface area contributed by atoms with Crippen LogP contribution in [0, 0.1) is 0 Å². The molecule has 2 N–H and O–H groups in total. The average molecular weight is 401 g/mol. The van der Waals surface area contributed by atoms with Gasteiger partial charge >= 0.3 is 0 Å². The average Bonchev–Trinajstić information content (AvgIpc) is 2.76. The summed E-state index contributed by atoms with van der Waals surface area (Å²) in [7, 11) is 0. The van der Waals surface area contributed by atoms with E-state index in [-0.39, 0.29) is 11.8 Å². The van der Waals surface area contributed by atoms with Crippen molar-refractivity contribution in [2.75, 3.05) is 5.32 Å². The maximum atomic E-state index is 12.1. The SMILES string of the molecule is CC(=O)Nc1ccc(/C=C/C(=O)NCc2ccnc(OCc3ccccc3)c2)cc1. The Kier molecular flexibility index (Phi) is 7.33. The highest BCUT2D eigenvalue weighted by atomic mass is 16.5. The van der Waals surface area contributed by atoms with Gasteiger partial charge in [-0.05, 0) is 41.0 Å². The molecule has 0 fully saturated rings. The number of pyridine rings is 1. The van der Waals surface area contributed by atoms with Crippen molar-refractivity contribution in [1.29, 1.82) is 0 Å². The third-order valence-electron chi connectivity index (χ3n) is 4.15. The first-order chi connectivity index (χ1) is 14.6. The molecule has 1 heterocycles. The third kappa shape index (κ3) is 6.91. The van der Waals surface area contributed by atoms with Crippen molar-refractivity contribution in [3.05, 3.63) is 95.7 Å².